The fraction of sp³-hybridized carbons (Fsp3) is 0.190. The highest BCUT2D eigenvalue weighted by atomic mass is 16.7. The molecule has 0 aliphatic carbocycles. The molecule has 2 aromatic carbocycles. The molecule has 1 aromatic heterocycles. The van der Waals surface area contributed by atoms with Gasteiger partial charge in [-0.1, -0.05) is 18.2 Å². The highest BCUT2D eigenvalue weighted by Gasteiger charge is 2.15. The summed E-state index contributed by atoms with van der Waals surface area (Å²) in [6.45, 7) is 0.849. The number of carbonyl (C=O) groups excluding carboxylic acids is 1. The first-order valence-electron chi connectivity index (χ1n) is 9.13. The average molecular weight is 392 g/mol. The molecule has 0 unspecified atom stereocenters. The van der Waals surface area contributed by atoms with E-state index < -0.39 is 0 Å². The second-order valence-corrected chi connectivity index (χ2v) is 6.31. The molecule has 4 rings (SSSR count). The van der Waals surface area contributed by atoms with Crippen LogP contribution in [0, 0.1) is 0 Å². The van der Waals surface area contributed by atoms with Gasteiger partial charge >= 0.3 is 0 Å². The molecule has 0 fully saturated rings. The van der Waals surface area contributed by atoms with E-state index in [0.29, 0.717) is 29.5 Å². The summed E-state index contributed by atoms with van der Waals surface area (Å²) < 4.78 is 15.9. The Morgan fingerprint density at radius 1 is 1.07 bits per heavy atom. The molecule has 2 heterocycles. The second-order valence-electron chi connectivity index (χ2n) is 6.31. The van der Waals surface area contributed by atoms with Gasteiger partial charge in [0.05, 0.1) is 7.11 Å². The summed E-state index contributed by atoms with van der Waals surface area (Å²) in [6.07, 6.45) is 0.776. The fourth-order valence-corrected chi connectivity index (χ4v) is 2.95. The van der Waals surface area contributed by atoms with Crippen LogP contribution in [0.15, 0.2) is 54.6 Å². The molecule has 0 radical (unpaired) electrons. The van der Waals surface area contributed by atoms with Gasteiger partial charge in [-0.05, 0) is 42.3 Å². The van der Waals surface area contributed by atoms with Gasteiger partial charge in [0, 0.05) is 18.3 Å². The summed E-state index contributed by atoms with van der Waals surface area (Å²) in [7, 11) is 1.66. The SMILES string of the molecule is COc1ccccc1CCNc1ccc(C(=O)Nc2ccc3c(c2)OCO3)nn1. The van der Waals surface area contributed by atoms with Gasteiger partial charge in [0.2, 0.25) is 6.79 Å². The number of aromatic nitrogens is 2. The van der Waals surface area contributed by atoms with Crippen LogP contribution in [0.2, 0.25) is 0 Å². The standard InChI is InChI=1S/C21H20N4O4/c1-27-17-5-3-2-4-14(17)10-11-22-20-9-7-16(24-25-20)21(26)23-15-6-8-18-19(12-15)29-13-28-18/h2-9,12H,10-11,13H2,1H3,(H,22,25)(H,23,26). The summed E-state index contributed by atoms with van der Waals surface area (Å²) >= 11 is 0. The number of ether oxygens (including phenoxy) is 3. The largest absolute Gasteiger partial charge is 0.496 e. The maximum atomic E-state index is 12.4. The molecule has 1 aliphatic heterocycles. The quantitative estimate of drug-likeness (QED) is 0.638. The van der Waals surface area contributed by atoms with Crippen molar-refractivity contribution in [3.8, 4) is 17.2 Å². The number of amides is 1. The van der Waals surface area contributed by atoms with Gasteiger partial charge in [-0.2, -0.15) is 0 Å². The van der Waals surface area contributed by atoms with Gasteiger partial charge in [-0.3, -0.25) is 4.79 Å². The van der Waals surface area contributed by atoms with Crippen LogP contribution in [-0.2, 0) is 6.42 Å². The first kappa shape index (κ1) is 18.5. The van der Waals surface area contributed by atoms with E-state index in [-0.39, 0.29) is 18.4 Å². The number of carbonyl (C=O) groups is 1. The van der Waals surface area contributed by atoms with Crippen LogP contribution in [0.1, 0.15) is 16.1 Å². The third-order valence-corrected chi connectivity index (χ3v) is 4.42. The van der Waals surface area contributed by atoms with E-state index in [0.717, 1.165) is 17.7 Å². The summed E-state index contributed by atoms with van der Waals surface area (Å²) in [6, 6.07) is 16.4. The Morgan fingerprint density at radius 2 is 1.93 bits per heavy atom. The molecule has 0 spiro atoms. The van der Waals surface area contributed by atoms with E-state index in [1.54, 1.807) is 37.4 Å². The van der Waals surface area contributed by atoms with Crippen molar-refractivity contribution in [3.63, 3.8) is 0 Å². The van der Waals surface area contributed by atoms with Gasteiger partial charge in [0.15, 0.2) is 17.2 Å². The number of para-hydroxylation sites is 1. The number of benzene rings is 2. The van der Waals surface area contributed by atoms with Crippen molar-refractivity contribution in [2.45, 2.75) is 6.42 Å². The lowest BCUT2D eigenvalue weighted by molar-refractivity contribution is 0.102. The predicted molar refractivity (Wildman–Crippen MR) is 108 cm³/mol. The Labute approximate surface area is 167 Å². The fourth-order valence-electron chi connectivity index (χ4n) is 2.95. The van der Waals surface area contributed by atoms with Crippen LogP contribution in [0.4, 0.5) is 11.5 Å². The van der Waals surface area contributed by atoms with Crippen molar-refractivity contribution in [2.24, 2.45) is 0 Å². The molecule has 148 valence electrons. The summed E-state index contributed by atoms with van der Waals surface area (Å²) in [4.78, 5) is 12.4. The van der Waals surface area contributed by atoms with Crippen molar-refractivity contribution in [2.75, 3.05) is 31.1 Å². The Morgan fingerprint density at radius 3 is 2.76 bits per heavy atom. The molecule has 3 aromatic rings. The lowest BCUT2D eigenvalue weighted by Crippen LogP contribution is -2.15. The molecule has 2 N–H and O–H groups in total. The molecule has 8 heteroatoms. The summed E-state index contributed by atoms with van der Waals surface area (Å²) in [5, 5.41) is 14.0. The molecule has 0 bridgehead atoms. The van der Waals surface area contributed by atoms with E-state index in [9.17, 15) is 4.79 Å². The molecule has 29 heavy (non-hydrogen) atoms. The van der Waals surface area contributed by atoms with E-state index in [4.69, 9.17) is 14.2 Å². The molecule has 8 nitrogen and oxygen atoms in total. The van der Waals surface area contributed by atoms with Gasteiger partial charge in [-0.25, -0.2) is 0 Å². The third kappa shape index (κ3) is 4.37. The third-order valence-electron chi connectivity index (χ3n) is 4.42. The monoisotopic (exact) mass is 392 g/mol. The van der Waals surface area contributed by atoms with Gasteiger partial charge < -0.3 is 24.8 Å². The molecule has 0 atom stereocenters. The van der Waals surface area contributed by atoms with Crippen LogP contribution >= 0.6 is 0 Å². The number of methoxy groups -OCH3 is 1. The zero-order valence-electron chi connectivity index (χ0n) is 15.8. The lowest BCUT2D eigenvalue weighted by atomic mass is 10.1. The minimum atomic E-state index is -0.350. The average Bonchev–Trinajstić information content (AvgIpc) is 3.22. The molecule has 0 saturated heterocycles. The number of nitrogens with one attached hydrogen (secondary N) is 2. The minimum Gasteiger partial charge on any atom is -0.496 e. The Balaban J connectivity index is 1.32. The van der Waals surface area contributed by atoms with E-state index in [2.05, 4.69) is 20.8 Å². The Bertz CT molecular complexity index is 1010. The molecular weight excluding hydrogens is 372 g/mol. The first-order chi connectivity index (χ1) is 14.2. The molecule has 1 aliphatic rings. The number of rotatable bonds is 7. The van der Waals surface area contributed by atoms with E-state index in [1.165, 1.54) is 0 Å². The maximum Gasteiger partial charge on any atom is 0.276 e. The van der Waals surface area contributed by atoms with E-state index in [1.807, 2.05) is 24.3 Å². The van der Waals surface area contributed by atoms with Gasteiger partial charge in [0.1, 0.15) is 11.6 Å². The number of anilines is 2. The molecule has 1 amide bonds. The smallest absolute Gasteiger partial charge is 0.276 e. The normalized spacial score (nSPS) is 11.8. The van der Waals surface area contributed by atoms with Crippen molar-refractivity contribution in [1.29, 1.82) is 0 Å². The maximum absolute atomic E-state index is 12.4. The highest BCUT2D eigenvalue weighted by Crippen LogP contribution is 2.34. The second kappa shape index (κ2) is 8.47. The topological polar surface area (TPSA) is 94.6 Å². The highest BCUT2D eigenvalue weighted by molar-refractivity contribution is 6.03. The van der Waals surface area contributed by atoms with Crippen LogP contribution in [0.5, 0.6) is 17.2 Å². The molecular formula is C21H20N4O4. The van der Waals surface area contributed by atoms with Crippen molar-refractivity contribution in [1.82, 2.24) is 10.2 Å². The Hall–Kier alpha value is -3.81. The summed E-state index contributed by atoms with van der Waals surface area (Å²) in [5.41, 5.74) is 1.92. The van der Waals surface area contributed by atoms with Gasteiger partial charge in [0.25, 0.3) is 5.91 Å². The van der Waals surface area contributed by atoms with Crippen molar-refractivity contribution in [3.05, 3.63) is 65.9 Å². The number of fused-ring (bicyclic) bond motifs is 1. The van der Waals surface area contributed by atoms with E-state index >= 15 is 0 Å². The van der Waals surface area contributed by atoms with Gasteiger partial charge in [-0.15, -0.1) is 10.2 Å². The molecule has 0 saturated carbocycles. The van der Waals surface area contributed by atoms with Crippen LogP contribution in [-0.4, -0.2) is 36.6 Å². The Kier molecular flexibility index (Phi) is 5.42. The zero-order chi connectivity index (χ0) is 20.1. The first-order valence-corrected chi connectivity index (χ1v) is 9.13. The minimum absolute atomic E-state index is 0.184. The number of nitrogens with zero attached hydrogens (tertiary/aromatic N) is 2. The lowest BCUT2D eigenvalue weighted by Gasteiger charge is -2.09. The predicted octanol–water partition coefficient (Wildman–Crippen LogP) is 3.12. The summed E-state index contributed by atoms with van der Waals surface area (Å²) in [5.74, 6) is 2.36. The van der Waals surface area contributed by atoms with Crippen molar-refractivity contribution >= 4 is 17.4 Å². The zero-order valence-corrected chi connectivity index (χ0v) is 15.8. The van der Waals surface area contributed by atoms with Crippen LogP contribution < -0.4 is 24.8 Å². The number of hydrogen-bond acceptors (Lipinski definition) is 7. The number of hydrogen-bond donors (Lipinski definition) is 2. The van der Waals surface area contributed by atoms with Crippen molar-refractivity contribution < 1.29 is 19.0 Å². The van der Waals surface area contributed by atoms with Crippen LogP contribution in [0.25, 0.3) is 0 Å². The van der Waals surface area contributed by atoms with Crippen LogP contribution in [0.3, 0.4) is 0 Å².